The smallest absolute Gasteiger partial charge is 0.306 e. The first-order chi connectivity index (χ1) is 9.02. The summed E-state index contributed by atoms with van der Waals surface area (Å²) in [5.41, 5.74) is 0.643. The minimum atomic E-state index is -0.399. The molecule has 4 nitrogen and oxygen atoms in total. The molecule has 0 unspecified atom stereocenters. The quantitative estimate of drug-likeness (QED) is 0.815. The molecule has 0 heterocycles. The fourth-order valence-electron chi connectivity index (χ4n) is 1.41. The van der Waals surface area contributed by atoms with Crippen LogP contribution in [0.5, 0.6) is 0 Å². The number of halogens is 2. The van der Waals surface area contributed by atoms with Crippen molar-refractivity contribution in [2.75, 3.05) is 6.61 Å². The summed E-state index contributed by atoms with van der Waals surface area (Å²) in [6, 6.07) is 4.25. The molecule has 0 bridgehead atoms. The van der Waals surface area contributed by atoms with Crippen molar-refractivity contribution in [1.29, 1.82) is 0 Å². The van der Waals surface area contributed by atoms with E-state index in [0.717, 1.165) is 4.47 Å². The van der Waals surface area contributed by atoms with Gasteiger partial charge in [0.15, 0.2) is 0 Å². The van der Waals surface area contributed by atoms with Crippen LogP contribution in [0.2, 0.25) is 0 Å². The summed E-state index contributed by atoms with van der Waals surface area (Å²) in [6.45, 7) is 2.22. The fourth-order valence-corrected chi connectivity index (χ4v) is 1.80. The number of ether oxygens (including phenoxy) is 1. The van der Waals surface area contributed by atoms with Gasteiger partial charge in [-0.15, -0.1) is 0 Å². The highest BCUT2D eigenvalue weighted by Gasteiger charge is 2.08. The molecule has 0 aliphatic rings. The van der Waals surface area contributed by atoms with E-state index in [1.54, 1.807) is 13.0 Å². The molecule has 1 N–H and O–H groups in total. The topological polar surface area (TPSA) is 55.4 Å². The number of nitrogens with one attached hydrogen (secondary N) is 1. The van der Waals surface area contributed by atoms with E-state index in [2.05, 4.69) is 21.2 Å². The SMILES string of the molecule is CCOC(=O)CCC(=O)NCc1cc(F)ccc1Br. The second-order valence-corrected chi connectivity index (χ2v) is 4.67. The predicted molar refractivity (Wildman–Crippen MR) is 71.8 cm³/mol. The summed E-state index contributed by atoms with van der Waals surface area (Å²) in [6.07, 6.45) is 0.107. The van der Waals surface area contributed by atoms with Crippen LogP contribution in [0.3, 0.4) is 0 Å². The van der Waals surface area contributed by atoms with Gasteiger partial charge in [0.05, 0.1) is 13.0 Å². The average molecular weight is 332 g/mol. The summed E-state index contributed by atoms with van der Waals surface area (Å²) in [5.74, 6) is -1.03. The van der Waals surface area contributed by atoms with Crippen LogP contribution in [0.25, 0.3) is 0 Å². The first-order valence-corrected chi connectivity index (χ1v) is 6.68. The molecule has 104 valence electrons. The monoisotopic (exact) mass is 331 g/mol. The predicted octanol–water partition coefficient (Wildman–Crippen LogP) is 2.55. The molecule has 0 fully saturated rings. The lowest BCUT2D eigenvalue weighted by Crippen LogP contribution is -2.23. The van der Waals surface area contributed by atoms with E-state index in [9.17, 15) is 14.0 Å². The van der Waals surface area contributed by atoms with Gasteiger partial charge >= 0.3 is 5.97 Å². The van der Waals surface area contributed by atoms with Crippen LogP contribution in [0.1, 0.15) is 25.3 Å². The van der Waals surface area contributed by atoms with E-state index in [1.165, 1.54) is 12.1 Å². The maximum Gasteiger partial charge on any atom is 0.306 e. The Hall–Kier alpha value is -1.43. The Kier molecular flexibility index (Phi) is 6.49. The lowest BCUT2D eigenvalue weighted by atomic mass is 10.2. The summed E-state index contributed by atoms with van der Waals surface area (Å²) >= 11 is 3.27. The van der Waals surface area contributed by atoms with Crippen molar-refractivity contribution >= 4 is 27.8 Å². The maximum atomic E-state index is 13.0. The molecular weight excluding hydrogens is 317 g/mol. The molecule has 0 aliphatic carbocycles. The number of carbonyl (C=O) groups excluding carboxylic acids is 2. The molecule has 0 atom stereocenters. The largest absolute Gasteiger partial charge is 0.466 e. The standard InChI is InChI=1S/C13H15BrFNO3/c1-2-19-13(18)6-5-12(17)16-8-9-7-10(15)3-4-11(9)14/h3-4,7H,2,5-6,8H2,1H3,(H,16,17). The molecule has 0 spiro atoms. The van der Waals surface area contributed by atoms with E-state index >= 15 is 0 Å². The van der Waals surface area contributed by atoms with Crippen molar-refractivity contribution in [2.24, 2.45) is 0 Å². The van der Waals surface area contributed by atoms with Crippen LogP contribution >= 0.6 is 15.9 Å². The van der Waals surface area contributed by atoms with Crippen LogP contribution in [0.15, 0.2) is 22.7 Å². The summed E-state index contributed by atoms with van der Waals surface area (Å²) < 4.78 is 18.5. The summed E-state index contributed by atoms with van der Waals surface area (Å²) in [7, 11) is 0. The number of hydrogen-bond donors (Lipinski definition) is 1. The maximum absolute atomic E-state index is 13.0. The highest BCUT2D eigenvalue weighted by Crippen LogP contribution is 2.17. The number of rotatable bonds is 6. The summed E-state index contributed by atoms with van der Waals surface area (Å²) in [5, 5.41) is 2.62. The number of benzene rings is 1. The molecule has 0 aromatic heterocycles. The molecule has 1 aromatic carbocycles. The van der Waals surface area contributed by atoms with Crippen molar-refractivity contribution < 1.29 is 18.7 Å². The molecule has 0 saturated carbocycles. The molecular formula is C13H15BrFNO3. The molecule has 1 rings (SSSR count). The van der Waals surface area contributed by atoms with Crippen molar-refractivity contribution in [3.8, 4) is 0 Å². The number of carbonyl (C=O) groups is 2. The van der Waals surface area contributed by atoms with Crippen molar-refractivity contribution in [3.05, 3.63) is 34.1 Å². The van der Waals surface area contributed by atoms with Gasteiger partial charge in [-0.3, -0.25) is 9.59 Å². The van der Waals surface area contributed by atoms with E-state index in [1.807, 2.05) is 0 Å². The van der Waals surface area contributed by atoms with E-state index in [0.29, 0.717) is 12.2 Å². The molecule has 0 aliphatic heterocycles. The Morgan fingerprint density at radius 3 is 2.79 bits per heavy atom. The van der Waals surface area contributed by atoms with Crippen LogP contribution in [0.4, 0.5) is 4.39 Å². The van der Waals surface area contributed by atoms with Crippen LogP contribution in [-0.4, -0.2) is 18.5 Å². The molecule has 0 saturated heterocycles. The molecule has 1 aromatic rings. The fraction of sp³-hybridized carbons (Fsp3) is 0.385. The second-order valence-electron chi connectivity index (χ2n) is 3.82. The van der Waals surface area contributed by atoms with Crippen LogP contribution < -0.4 is 5.32 Å². The van der Waals surface area contributed by atoms with E-state index in [-0.39, 0.29) is 31.1 Å². The van der Waals surface area contributed by atoms with Gasteiger partial charge in [0.2, 0.25) is 5.91 Å². The Labute approximate surface area is 119 Å². The minimum Gasteiger partial charge on any atom is -0.466 e. The average Bonchev–Trinajstić information content (AvgIpc) is 2.38. The zero-order chi connectivity index (χ0) is 14.3. The Morgan fingerprint density at radius 2 is 2.11 bits per heavy atom. The minimum absolute atomic E-state index is 0.0456. The van der Waals surface area contributed by atoms with Gasteiger partial charge < -0.3 is 10.1 Å². The molecule has 19 heavy (non-hydrogen) atoms. The molecule has 0 radical (unpaired) electrons. The normalized spacial score (nSPS) is 10.1. The van der Waals surface area contributed by atoms with Crippen molar-refractivity contribution in [2.45, 2.75) is 26.3 Å². The number of amides is 1. The van der Waals surface area contributed by atoms with E-state index in [4.69, 9.17) is 4.74 Å². The second kappa shape index (κ2) is 7.89. The zero-order valence-electron chi connectivity index (χ0n) is 10.5. The van der Waals surface area contributed by atoms with Gasteiger partial charge in [0.25, 0.3) is 0 Å². The zero-order valence-corrected chi connectivity index (χ0v) is 12.1. The number of esters is 1. The number of hydrogen-bond acceptors (Lipinski definition) is 3. The van der Waals surface area contributed by atoms with Crippen LogP contribution in [0, 0.1) is 5.82 Å². The third-order valence-corrected chi connectivity index (χ3v) is 3.12. The van der Waals surface area contributed by atoms with Crippen molar-refractivity contribution in [3.63, 3.8) is 0 Å². The molecule has 1 amide bonds. The summed E-state index contributed by atoms with van der Waals surface area (Å²) in [4.78, 5) is 22.6. The molecule has 6 heteroatoms. The van der Waals surface area contributed by atoms with Gasteiger partial charge in [-0.05, 0) is 30.7 Å². The first-order valence-electron chi connectivity index (χ1n) is 5.89. The lowest BCUT2D eigenvalue weighted by Gasteiger charge is -2.07. The Morgan fingerprint density at radius 1 is 1.37 bits per heavy atom. The van der Waals surface area contributed by atoms with E-state index < -0.39 is 5.97 Å². The van der Waals surface area contributed by atoms with Gasteiger partial charge in [0.1, 0.15) is 5.82 Å². The van der Waals surface area contributed by atoms with Gasteiger partial charge in [-0.1, -0.05) is 15.9 Å². The Balaban J connectivity index is 2.38. The van der Waals surface area contributed by atoms with Crippen molar-refractivity contribution in [1.82, 2.24) is 5.32 Å². The van der Waals surface area contributed by atoms with Crippen LogP contribution in [-0.2, 0) is 20.9 Å². The third-order valence-electron chi connectivity index (χ3n) is 2.35. The van der Waals surface area contributed by atoms with Gasteiger partial charge in [0, 0.05) is 17.4 Å². The lowest BCUT2D eigenvalue weighted by molar-refractivity contribution is -0.144. The first kappa shape index (κ1) is 15.6. The Bertz CT molecular complexity index is 465. The highest BCUT2D eigenvalue weighted by molar-refractivity contribution is 9.10. The van der Waals surface area contributed by atoms with Gasteiger partial charge in [-0.2, -0.15) is 0 Å². The third kappa shape index (κ3) is 5.83. The van der Waals surface area contributed by atoms with Gasteiger partial charge in [-0.25, -0.2) is 4.39 Å². The highest BCUT2D eigenvalue weighted by atomic mass is 79.9.